The van der Waals surface area contributed by atoms with Crippen molar-refractivity contribution in [2.45, 2.75) is 31.3 Å². The van der Waals surface area contributed by atoms with E-state index in [-0.39, 0.29) is 0 Å². The summed E-state index contributed by atoms with van der Waals surface area (Å²) < 4.78 is 1.85. The summed E-state index contributed by atoms with van der Waals surface area (Å²) in [6, 6.07) is 0. The summed E-state index contributed by atoms with van der Waals surface area (Å²) >= 11 is 0. The molecule has 0 amide bonds. The third kappa shape index (κ3) is 2.23. The Morgan fingerprint density at radius 3 is 2.95 bits per heavy atom. The Labute approximate surface area is 111 Å². The van der Waals surface area contributed by atoms with Gasteiger partial charge >= 0.3 is 0 Å². The molecule has 3 N–H and O–H groups in total. The quantitative estimate of drug-likeness (QED) is 0.863. The summed E-state index contributed by atoms with van der Waals surface area (Å²) in [4.78, 5) is 10.6. The maximum absolute atomic E-state index is 10.5. The Morgan fingerprint density at radius 2 is 2.21 bits per heavy atom. The highest BCUT2D eigenvalue weighted by Crippen LogP contribution is 2.31. The van der Waals surface area contributed by atoms with Crippen molar-refractivity contribution in [3.63, 3.8) is 0 Å². The van der Waals surface area contributed by atoms with E-state index in [1.165, 1.54) is 0 Å². The van der Waals surface area contributed by atoms with Gasteiger partial charge in [0.15, 0.2) is 11.5 Å². The van der Waals surface area contributed by atoms with Gasteiger partial charge in [-0.2, -0.15) is 0 Å². The van der Waals surface area contributed by atoms with Crippen LogP contribution >= 0.6 is 0 Å². The minimum atomic E-state index is -0.607. The third-order valence-corrected chi connectivity index (χ3v) is 3.80. The minimum Gasteiger partial charge on any atom is -0.388 e. The van der Waals surface area contributed by atoms with E-state index in [1.807, 2.05) is 22.5 Å². The lowest BCUT2D eigenvalue weighted by Crippen LogP contribution is -2.39. The molecular weight excluding hydrogens is 242 g/mol. The Kier molecular flexibility index (Phi) is 2.82. The maximum Gasteiger partial charge on any atom is 0.180 e. The first kappa shape index (κ1) is 12.2. The SMILES string of the molecule is CN(CC1(O)CCCC1)c1nc(N)cn2ccnc12. The number of nitrogens with zero attached hydrogens (tertiary/aromatic N) is 4. The molecule has 0 aliphatic heterocycles. The largest absolute Gasteiger partial charge is 0.388 e. The number of likely N-dealkylation sites (N-methyl/N-ethyl adjacent to an activating group) is 1. The number of aromatic nitrogens is 3. The van der Waals surface area contributed by atoms with E-state index in [4.69, 9.17) is 5.73 Å². The first-order valence-electron chi connectivity index (χ1n) is 6.60. The predicted molar refractivity (Wildman–Crippen MR) is 74.1 cm³/mol. The van der Waals surface area contributed by atoms with Crippen LogP contribution in [0.4, 0.5) is 11.6 Å². The average molecular weight is 261 g/mol. The van der Waals surface area contributed by atoms with E-state index < -0.39 is 5.60 Å². The van der Waals surface area contributed by atoms with Crippen LogP contribution in [0.3, 0.4) is 0 Å². The Hall–Kier alpha value is -1.82. The summed E-state index contributed by atoms with van der Waals surface area (Å²) in [5.41, 5.74) is 5.97. The van der Waals surface area contributed by atoms with Gasteiger partial charge in [-0.3, -0.25) is 0 Å². The Bertz CT molecular complexity index is 588. The monoisotopic (exact) mass is 261 g/mol. The number of rotatable bonds is 3. The molecule has 1 aliphatic rings. The van der Waals surface area contributed by atoms with Crippen molar-refractivity contribution in [2.75, 3.05) is 24.2 Å². The van der Waals surface area contributed by atoms with E-state index in [9.17, 15) is 5.11 Å². The fraction of sp³-hybridized carbons (Fsp3) is 0.538. The zero-order valence-corrected chi connectivity index (χ0v) is 11.1. The van der Waals surface area contributed by atoms with E-state index in [2.05, 4.69) is 9.97 Å². The van der Waals surface area contributed by atoms with Crippen molar-refractivity contribution >= 4 is 17.3 Å². The molecule has 3 rings (SSSR count). The zero-order chi connectivity index (χ0) is 13.5. The van der Waals surface area contributed by atoms with E-state index >= 15 is 0 Å². The molecule has 0 bridgehead atoms. The van der Waals surface area contributed by atoms with Gasteiger partial charge in [0.2, 0.25) is 0 Å². The summed E-state index contributed by atoms with van der Waals surface area (Å²) in [5, 5.41) is 10.5. The molecule has 102 valence electrons. The van der Waals surface area contributed by atoms with Gasteiger partial charge in [0, 0.05) is 26.0 Å². The van der Waals surface area contributed by atoms with Crippen molar-refractivity contribution in [1.29, 1.82) is 0 Å². The lowest BCUT2D eigenvalue weighted by Gasteiger charge is -2.29. The molecule has 1 saturated carbocycles. The van der Waals surface area contributed by atoms with Crippen molar-refractivity contribution in [3.8, 4) is 0 Å². The van der Waals surface area contributed by atoms with Crippen LogP contribution in [0.5, 0.6) is 0 Å². The number of nitrogen functional groups attached to an aromatic ring is 1. The lowest BCUT2D eigenvalue weighted by molar-refractivity contribution is 0.0558. The van der Waals surface area contributed by atoms with E-state index in [0.29, 0.717) is 18.2 Å². The standard InChI is InChI=1S/C13H19N5O/c1-17(9-13(19)4-2-3-5-13)12-11-15-6-7-18(11)8-10(14)16-12/h6-8,19H,2-5,9,14H2,1H3. The highest BCUT2D eigenvalue weighted by molar-refractivity contribution is 5.66. The van der Waals surface area contributed by atoms with Crippen molar-refractivity contribution < 1.29 is 5.11 Å². The Balaban J connectivity index is 1.92. The molecule has 0 spiro atoms. The van der Waals surface area contributed by atoms with Crippen LogP contribution in [0.2, 0.25) is 0 Å². The summed E-state index contributed by atoms with van der Waals surface area (Å²) in [6.45, 7) is 0.561. The van der Waals surface area contributed by atoms with Crippen LogP contribution in [0.1, 0.15) is 25.7 Å². The smallest absolute Gasteiger partial charge is 0.180 e. The van der Waals surface area contributed by atoms with Crippen LogP contribution in [0.15, 0.2) is 18.6 Å². The zero-order valence-electron chi connectivity index (χ0n) is 11.1. The van der Waals surface area contributed by atoms with Crippen LogP contribution in [-0.4, -0.2) is 38.7 Å². The second kappa shape index (κ2) is 4.38. The van der Waals surface area contributed by atoms with E-state index in [1.54, 1.807) is 12.4 Å². The first-order chi connectivity index (χ1) is 9.07. The number of imidazole rings is 1. The fourth-order valence-corrected chi connectivity index (χ4v) is 2.90. The maximum atomic E-state index is 10.5. The molecule has 6 heteroatoms. The molecule has 0 atom stereocenters. The van der Waals surface area contributed by atoms with Gasteiger partial charge in [0.05, 0.1) is 11.8 Å². The van der Waals surface area contributed by atoms with Gasteiger partial charge in [-0.15, -0.1) is 0 Å². The molecule has 0 saturated heterocycles. The van der Waals surface area contributed by atoms with Crippen LogP contribution in [-0.2, 0) is 0 Å². The molecule has 6 nitrogen and oxygen atoms in total. The molecular formula is C13H19N5O. The molecule has 1 aliphatic carbocycles. The second-order valence-corrected chi connectivity index (χ2v) is 5.44. The summed E-state index contributed by atoms with van der Waals surface area (Å²) in [5.74, 6) is 1.16. The molecule has 2 heterocycles. The minimum absolute atomic E-state index is 0.450. The summed E-state index contributed by atoms with van der Waals surface area (Å²) in [7, 11) is 1.92. The van der Waals surface area contributed by atoms with Crippen molar-refractivity contribution in [3.05, 3.63) is 18.6 Å². The number of hydrogen-bond acceptors (Lipinski definition) is 5. The van der Waals surface area contributed by atoms with Gasteiger partial charge < -0.3 is 20.1 Å². The number of fused-ring (bicyclic) bond motifs is 1. The lowest BCUT2D eigenvalue weighted by atomic mass is 10.0. The van der Waals surface area contributed by atoms with Gasteiger partial charge in [-0.1, -0.05) is 12.8 Å². The van der Waals surface area contributed by atoms with Crippen LogP contribution in [0, 0.1) is 0 Å². The number of hydrogen-bond donors (Lipinski definition) is 2. The highest BCUT2D eigenvalue weighted by Gasteiger charge is 2.33. The number of aliphatic hydroxyl groups is 1. The second-order valence-electron chi connectivity index (χ2n) is 5.44. The Morgan fingerprint density at radius 1 is 1.47 bits per heavy atom. The first-order valence-corrected chi connectivity index (χ1v) is 6.60. The van der Waals surface area contributed by atoms with Gasteiger partial charge in [-0.05, 0) is 12.8 Å². The molecule has 0 aromatic carbocycles. The highest BCUT2D eigenvalue weighted by atomic mass is 16.3. The average Bonchev–Trinajstić information content (AvgIpc) is 2.96. The normalized spacial score (nSPS) is 18.0. The van der Waals surface area contributed by atoms with Crippen LogP contribution in [0.25, 0.3) is 5.65 Å². The predicted octanol–water partition coefficient (Wildman–Crippen LogP) is 1.05. The molecule has 19 heavy (non-hydrogen) atoms. The molecule has 2 aromatic rings. The molecule has 0 radical (unpaired) electrons. The molecule has 2 aromatic heterocycles. The molecule has 1 fully saturated rings. The van der Waals surface area contributed by atoms with Crippen molar-refractivity contribution in [2.24, 2.45) is 0 Å². The van der Waals surface area contributed by atoms with Crippen molar-refractivity contribution in [1.82, 2.24) is 14.4 Å². The van der Waals surface area contributed by atoms with E-state index in [0.717, 1.165) is 31.3 Å². The van der Waals surface area contributed by atoms with Gasteiger partial charge in [0.1, 0.15) is 5.82 Å². The number of nitrogens with two attached hydrogens (primary N) is 1. The topological polar surface area (TPSA) is 79.7 Å². The fourth-order valence-electron chi connectivity index (χ4n) is 2.90. The third-order valence-electron chi connectivity index (χ3n) is 3.80. The molecule has 0 unspecified atom stereocenters. The van der Waals surface area contributed by atoms with Gasteiger partial charge in [-0.25, -0.2) is 9.97 Å². The van der Waals surface area contributed by atoms with Crippen LogP contribution < -0.4 is 10.6 Å². The number of anilines is 2. The van der Waals surface area contributed by atoms with Gasteiger partial charge in [0.25, 0.3) is 0 Å². The summed E-state index contributed by atoms with van der Waals surface area (Å²) in [6.07, 6.45) is 9.19.